The first-order valence-corrected chi connectivity index (χ1v) is 7.94. The number of carbonyl (C=O) groups excluding carboxylic acids is 3. The van der Waals surface area contributed by atoms with Crippen molar-refractivity contribution in [2.45, 2.75) is 25.7 Å². The number of benzene rings is 1. The second-order valence-corrected chi connectivity index (χ2v) is 5.82. The first kappa shape index (κ1) is 17.0. The van der Waals surface area contributed by atoms with Gasteiger partial charge >= 0.3 is 0 Å². The van der Waals surface area contributed by atoms with Crippen LogP contribution in [0.2, 0.25) is 0 Å². The number of hydrogen-bond donors (Lipinski definition) is 2. The number of nitrogens with two attached hydrogens (primary N) is 1. The Kier molecular flexibility index (Phi) is 6.14. The number of amides is 3. The van der Waals surface area contributed by atoms with Gasteiger partial charge in [-0.15, -0.1) is 0 Å². The quantitative estimate of drug-likeness (QED) is 0.798. The standard InChI is InChI=1S/C17H23N3O3/c18-17(23)14-7-10-20(11-8-14)16(22)6-9-19-15(21)12-13-4-2-1-3-5-13/h1-5,14H,6-12H2,(H2,18,23)(H,19,21). The maximum atomic E-state index is 12.1. The average molecular weight is 317 g/mol. The summed E-state index contributed by atoms with van der Waals surface area (Å²) in [6.07, 6.45) is 1.85. The predicted molar refractivity (Wildman–Crippen MR) is 86.3 cm³/mol. The second-order valence-electron chi connectivity index (χ2n) is 5.82. The molecule has 23 heavy (non-hydrogen) atoms. The summed E-state index contributed by atoms with van der Waals surface area (Å²) < 4.78 is 0. The van der Waals surface area contributed by atoms with Crippen LogP contribution in [0.4, 0.5) is 0 Å². The number of primary amides is 1. The highest BCUT2D eigenvalue weighted by Gasteiger charge is 2.25. The zero-order valence-corrected chi connectivity index (χ0v) is 13.2. The van der Waals surface area contributed by atoms with E-state index in [2.05, 4.69) is 5.32 Å². The smallest absolute Gasteiger partial charge is 0.224 e. The van der Waals surface area contributed by atoms with Gasteiger partial charge in [-0.3, -0.25) is 14.4 Å². The molecule has 0 atom stereocenters. The highest BCUT2D eigenvalue weighted by Crippen LogP contribution is 2.17. The highest BCUT2D eigenvalue weighted by atomic mass is 16.2. The molecular formula is C17H23N3O3. The maximum Gasteiger partial charge on any atom is 0.224 e. The Morgan fingerprint density at radius 2 is 1.78 bits per heavy atom. The summed E-state index contributed by atoms with van der Waals surface area (Å²) in [4.78, 5) is 36.7. The van der Waals surface area contributed by atoms with Crippen molar-refractivity contribution in [1.82, 2.24) is 10.2 Å². The summed E-state index contributed by atoms with van der Waals surface area (Å²) in [5.41, 5.74) is 6.22. The van der Waals surface area contributed by atoms with Gasteiger partial charge in [-0.05, 0) is 18.4 Å². The molecule has 0 radical (unpaired) electrons. The first-order chi connectivity index (χ1) is 11.1. The molecule has 0 unspecified atom stereocenters. The van der Waals surface area contributed by atoms with Crippen LogP contribution >= 0.6 is 0 Å². The van der Waals surface area contributed by atoms with Crippen molar-refractivity contribution in [2.24, 2.45) is 11.7 Å². The number of piperidine rings is 1. The molecule has 0 saturated carbocycles. The number of rotatable bonds is 6. The van der Waals surface area contributed by atoms with Crippen molar-refractivity contribution >= 4 is 17.7 Å². The van der Waals surface area contributed by atoms with Crippen molar-refractivity contribution in [3.63, 3.8) is 0 Å². The molecule has 6 nitrogen and oxygen atoms in total. The van der Waals surface area contributed by atoms with Crippen LogP contribution in [0.15, 0.2) is 30.3 Å². The van der Waals surface area contributed by atoms with Crippen LogP contribution in [0.3, 0.4) is 0 Å². The molecule has 0 bridgehead atoms. The lowest BCUT2D eigenvalue weighted by molar-refractivity contribution is -0.134. The molecule has 1 aliphatic rings. The second kappa shape index (κ2) is 8.31. The lowest BCUT2D eigenvalue weighted by atomic mass is 9.96. The topological polar surface area (TPSA) is 92.5 Å². The van der Waals surface area contributed by atoms with E-state index in [4.69, 9.17) is 5.73 Å². The zero-order chi connectivity index (χ0) is 16.7. The molecule has 6 heteroatoms. The Morgan fingerprint density at radius 1 is 1.13 bits per heavy atom. The van der Waals surface area contributed by atoms with Crippen molar-refractivity contribution in [2.75, 3.05) is 19.6 Å². The summed E-state index contributed by atoms with van der Waals surface area (Å²) >= 11 is 0. The predicted octanol–water partition coefficient (Wildman–Crippen LogP) is 0.459. The number of likely N-dealkylation sites (tertiary alicyclic amines) is 1. The van der Waals surface area contributed by atoms with E-state index in [-0.39, 0.29) is 30.1 Å². The number of nitrogens with zero attached hydrogens (tertiary/aromatic N) is 1. The van der Waals surface area contributed by atoms with Gasteiger partial charge in [0.2, 0.25) is 17.7 Å². The van der Waals surface area contributed by atoms with Gasteiger partial charge < -0.3 is 16.0 Å². The van der Waals surface area contributed by atoms with Gasteiger partial charge in [-0.25, -0.2) is 0 Å². The molecule has 3 N–H and O–H groups in total. The zero-order valence-electron chi connectivity index (χ0n) is 13.2. The van der Waals surface area contributed by atoms with Crippen LogP contribution < -0.4 is 11.1 Å². The van der Waals surface area contributed by atoms with Gasteiger partial charge in [-0.2, -0.15) is 0 Å². The fourth-order valence-electron chi connectivity index (χ4n) is 2.72. The van der Waals surface area contributed by atoms with Crippen LogP contribution in [-0.2, 0) is 20.8 Å². The van der Waals surface area contributed by atoms with E-state index in [1.807, 2.05) is 30.3 Å². The third-order valence-electron chi connectivity index (χ3n) is 4.12. The van der Waals surface area contributed by atoms with Gasteiger partial charge in [0.15, 0.2) is 0 Å². The van der Waals surface area contributed by atoms with E-state index < -0.39 is 0 Å². The Morgan fingerprint density at radius 3 is 2.39 bits per heavy atom. The third-order valence-corrected chi connectivity index (χ3v) is 4.12. The minimum Gasteiger partial charge on any atom is -0.369 e. The van der Waals surface area contributed by atoms with Crippen molar-refractivity contribution in [3.05, 3.63) is 35.9 Å². The van der Waals surface area contributed by atoms with Gasteiger partial charge in [0.25, 0.3) is 0 Å². The van der Waals surface area contributed by atoms with E-state index in [0.717, 1.165) is 5.56 Å². The molecule has 0 aromatic heterocycles. The van der Waals surface area contributed by atoms with Gasteiger partial charge in [0, 0.05) is 32.0 Å². The third kappa shape index (κ3) is 5.39. The minimum atomic E-state index is -0.287. The molecule has 1 saturated heterocycles. The van der Waals surface area contributed by atoms with E-state index in [1.54, 1.807) is 4.90 Å². The summed E-state index contributed by atoms with van der Waals surface area (Å²) in [6.45, 7) is 1.45. The molecule has 1 aromatic carbocycles. The fourth-order valence-corrected chi connectivity index (χ4v) is 2.72. The summed E-state index contributed by atoms with van der Waals surface area (Å²) in [7, 11) is 0. The molecule has 1 fully saturated rings. The molecule has 1 heterocycles. The van der Waals surface area contributed by atoms with Crippen molar-refractivity contribution < 1.29 is 14.4 Å². The molecule has 1 aromatic rings. The average Bonchev–Trinajstić information content (AvgIpc) is 2.55. The molecule has 1 aliphatic heterocycles. The fraction of sp³-hybridized carbons (Fsp3) is 0.471. The number of nitrogens with one attached hydrogen (secondary N) is 1. The summed E-state index contributed by atoms with van der Waals surface area (Å²) in [6, 6.07) is 9.48. The Balaban J connectivity index is 1.65. The van der Waals surface area contributed by atoms with E-state index in [9.17, 15) is 14.4 Å². The Hall–Kier alpha value is -2.37. The van der Waals surface area contributed by atoms with Gasteiger partial charge in [0.05, 0.1) is 6.42 Å². The number of carbonyl (C=O) groups is 3. The largest absolute Gasteiger partial charge is 0.369 e. The van der Waals surface area contributed by atoms with Crippen LogP contribution in [-0.4, -0.2) is 42.3 Å². The SMILES string of the molecule is NC(=O)C1CCN(C(=O)CCNC(=O)Cc2ccccc2)CC1. The van der Waals surface area contributed by atoms with Crippen LogP contribution in [0.1, 0.15) is 24.8 Å². The van der Waals surface area contributed by atoms with Crippen LogP contribution in [0, 0.1) is 5.92 Å². The van der Waals surface area contributed by atoms with Crippen molar-refractivity contribution in [1.29, 1.82) is 0 Å². The van der Waals surface area contributed by atoms with Crippen molar-refractivity contribution in [3.8, 4) is 0 Å². The number of hydrogen-bond acceptors (Lipinski definition) is 3. The normalized spacial score (nSPS) is 15.2. The molecule has 124 valence electrons. The maximum absolute atomic E-state index is 12.1. The molecular weight excluding hydrogens is 294 g/mol. The lowest BCUT2D eigenvalue weighted by Crippen LogP contribution is -2.42. The Bertz CT molecular complexity index is 551. The van der Waals surface area contributed by atoms with Gasteiger partial charge in [-0.1, -0.05) is 30.3 Å². The molecule has 0 aliphatic carbocycles. The lowest BCUT2D eigenvalue weighted by Gasteiger charge is -2.30. The van der Waals surface area contributed by atoms with E-state index in [1.165, 1.54) is 0 Å². The van der Waals surface area contributed by atoms with E-state index >= 15 is 0 Å². The molecule has 3 amide bonds. The van der Waals surface area contributed by atoms with Crippen LogP contribution in [0.5, 0.6) is 0 Å². The van der Waals surface area contributed by atoms with Gasteiger partial charge in [0.1, 0.15) is 0 Å². The van der Waals surface area contributed by atoms with Crippen LogP contribution in [0.25, 0.3) is 0 Å². The first-order valence-electron chi connectivity index (χ1n) is 7.94. The highest BCUT2D eigenvalue weighted by molar-refractivity contribution is 5.81. The minimum absolute atomic E-state index is 0.00734. The molecule has 2 rings (SSSR count). The monoisotopic (exact) mass is 317 g/mol. The van der Waals surface area contributed by atoms with E-state index in [0.29, 0.717) is 38.9 Å². The molecule has 0 spiro atoms. The Labute approximate surface area is 136 Å². The summed E-state index contributed by atoms with van der Waals surface area (Å²) in [5.74, 6) is -0.487. The summed E-state index contributed by atoms with van der Waals surface area (Å²) in [5, 5.41) is 2.77.